The Morgan fingerprint density at radius 2 is 1.94 bits per heavy atom. The molecule has 0 aliphatic heterocycles. The molecule has 1 amide bonds. The highest BCUT2D eigenvalue weighted by atomic mass is 32.2. The van der Waals surface area contributed by atoms with E-state index in [0.29, 0.717) is 16.8 Å². The summed E-state index contributed by atoms with van der Waals surface area (Å²) in [5.41, 5.74) is 3.76. The number of hydrogen-bond donors (Lipinski definition) is 2. The highest BCUT2D eigenvalue weighted by Crippen LogP contribution is 2.30. The number of aromatic amines is 1. The molecular weight excluding hydrogens is 452 g/mol. The molecule has 5 aromatic rings. The topological polar surface area (TPSA) is 123 Å². The lowest BCUT2D eigenvalue weighted by molar-refractivity contribution is 0.0942. The predicted octanol–water partition coefficient (Wildman–Crippen LogP) is 3.22. The number of H-pyrrole nitrogens is 1. The number of benzene rings is 1. The largest absolute Gasteiger partial charge is 0.345 e. The summed E-state index contributed by atoms with van der Waals surface area (Å²) in [5, 5.41) is 11.3. The number of amides is 1. The molecule has 4 heterocycles. The van der Waals surface area contributed by atoms with Gasteiger partial charge in [-0.1, -0.05) is 0 Å². The van der Waals surface area contributed by atoms with Crippen LogP contribution in [0.3, 0.4) is 0 Å². The Bertz CT molecular complexity index is 1680. The molecule has 0 aliphatic carbocycles. The summed E-state index contributed by atoms with van der Waals surface area (Å²) in [7, 11) is -2.18. The van der Waals surface area contributed by atoms with Crippen LogP contribution in [0.25, 0.3) is 21.8 Å². The second kappa shape index (κ2) is 8.07. The Balaban J connectivity index is 1.46. The molecule has 10 heteroatoms. The van der Waals surface area contributed by atoms with Crippen molar-refractivity contribution in [3.8, 4) is 0 Å². The molecule has 2 N–H and O–H groups in total. The van der Waals surface area contributed by atoms with Crippen molar-refractivity contribution in [3.63, 3.8) is 0 Å². The Morgan fingerprint density at radius 1 is 1.12 bits per heavy atom. The van der Waals surface area contributed by atoms with Crippen molar-refractivity contribution in [1.82, 2.24) is 30.0 Å². The van der Waals surface area contributed by atoms with E-state index in [9.17, 15) is 13.2 Å². The number of sulfone groups is 1. The summed E-state index contributed by atoms with van der Waals surface area (Å²) in [4.78, 5) is 21.9. The fourth-order valence-electron chi connectivity index (χ4n) is 4.10. The van der Waals surface area contributed by atoms with Gasteiger partial charge in [-0.3, -0.25) is 19.9 Å². The molecule has 0 atom stereocenters. The van der Waals surface area contributed by atoms with Crippen LogP contribution in [0.15, 0.2) is 64.8 Å². The molecule has 5 rings (SSSR count). The minimum absolute atomic E-state index is 0.0925. The van der Waals surface area contributed by atoms with Crippen LogP contribution in [0.5, 0.6) is 0 Å². The number of rotatable bonds is 5. The smallest absolute Gasteiger partial charge is 0.268 e. The van der Waals surface area contributed by atoms with Crippen LogP contribution in [0.1, 0.15) is 27.4 Å². The van der Waals surface area contributed by atoms with Gasteiger partial charge in [-0.2, -0.15) is 5.10 Å². The van der Waals surface area contributed by atoms with Crippen LogP contribution in [0.2, 0.25) is 0 Å². The summed E-state index contributed by atoms with van der Waals surface area (Å²) in [6, 6.07) is 10.1. The number of nitrogens with zero attached hydrogens (tertiary/aromatic N) is 4. The molecule has 0 aliphatic rings. The van der Waals surface area contributed by atoms with Crippen LogP contribution in [0, 0.1) is 13.8 Å². The first kappa shape index (κ1) is 21.8. The monoisotopic (exact) mass is 474 g/mol. The summed E-state index contributed by atoms with van der Waals surface area (Å²) < 4.78 is 28.6. The van der Waals surface area contributed by atoms with E-state index < -0.39 is 15.7 Å². The van der Waals surface area contributed by atoms with Gasteiger partial charge in [-0.15, -0.1) is 0 Å². The van der Waals surface area contributed by atoms with Gasteiger partial charge in [-0.05, 0) is 55.8 Å². The third-order valence-electron chi connectivity index (χ3n) is 6.07. The number of hydrogen-bond acceptors (Lipinski definition) is 6. The van der Waals surface area contributed by atoms with Gasteiger partial charge in [0.05, 0.1) is 39.3 Å². The first-order valence-corrected chi connectivity index (χ1v) is 12.1. The third kappa shape index (κ3) is 3.52. The van der Waals surface area contributed by atoms with Crippen LogP contribution >= 0.6 is 0 Å². The summed E-state index contributed by atoms with van der Waals surface area (Å²) in [6.45, 7) is 3.70. The number of fused-ring (bicyclic) bond motifs is 2. The van der Waals surface area contributed by atoms with Gasteiger partial charge >= 0.3 is 0 Å². The molecule has 34 heavy (non-hydrogen) atoms. The summed E-state index contributed by atoms with van der Waals surface area (Å²) in [5.74, 6) is -0.392. The number of aryl methyl sites for hydroxylation is 1. The fourth-order valence-corrected chi connectivity index (χ4v) is 5.76. The average Bonchev–Trinajstić information content (AvgIpc) is 3.43. The van der Waals surface area contributed by atoms with Crippen LogP contribution < -0.4 is 5.32 Å². The Hall–Kier alpha value is -4.05. The molecule has 172 valence electrons. The van der Waals surface area contributed by atoms with E-state index in [0.717, 1.165) is 22.0 Å². The van der Waals surface area contributed by atoms with Gasteiger partial charge in [0, 0.05) is 35.9 Å². The van der Waals surface area contributed by atoms with Crippen molar-refractivity contribution in [1.29, 1.82) is 0 Å². The first-order chi connectivity index (χ1) is 16.3. The quantitative estimate of drug-likeness (QED) is 0.403. The minimum atomic E-state index is -3.86. The van der Waals surface area contributed by atoms with Gasteiger partial charge in [0.15, 0.2) is 0 Å². The lowest BCUT2D eigenvalue weighted by Gasteiger charge is -2.08. The number of pyridine rings is 2. The van der Waals surface area contributed by atoms with Crippen molar-refractivity contribution in [2.45, 2.75) is 30.2 Å². The molecule has 0 unspecified atom stereocenters. The van der Waals surface area contributed by atoms with Crippen molar-refractivity contribution in [3.05, 3.63) is 77.6 Å². The molecule has 0 saturated heterocycles. The van der Waals surface area contributed by atoms with E-state index in [2.05, 4.69) is 25.5 Å². The molecule has 1 aromatic carbocycles. The van der Waals surface area contributed by atoms with Gasteiger partial charge in [0.1, 0.15) is 5.69 Å². The summed E-state index contributed by atoms with van der Waals surface area (Å²) in [6.07, 6.45) is 4.94. The zero-order chi connectivity index (χ0) is 24.0. The Kier molecular flexibility index (Phi) is 5.17. The Labute approximate surface area is 195 Å². The van der Waals surface area contributed by atoms with Crippen LogP contribution in [-0.2, 0) is 23.4 Å². The second-order valence-electron chi connectivity index (χ2n) is 8.13. The van der Waals surface area contributed by atoms with E-state index in [1.54, 1.807) is 55.3 Å². The maximum atomic E-state index is 13.5. The SMILES string of the molecule is Cc1cc(S(=O)(=O)c2cc(C(=O)NCc3nccc4ncccc34)n(C)c2C)cc2cn[nH]c12. The number of aromatic nitrogens is 5. The molecule has 4 aromatic heterocycles. The van der Waals surface area contributed by atoms with E-state index in [1.807, 2.05) is 19.1 Å². The van der Waals surface area contributed by atoms with Gasteiger partial charge in [0.25, 0.3) is 5.91 Å². The molecule has 0 radical (unpaired) electrons. The van der Waals surface area contributed by atoms with Gasteiger partial charge < -0.3 is 9.88 Å². The lowest BCUT2D eigenvalue weighted by atomic mass is 10.2. The first-order valence-electron chi connectivity index (χ1n) is 10.6. The van der Waals surface area contributed by atoms with E-state index in [1.165, 1.54) is 6.07 Å². The van der Waals surface area contributed by atoms with E-state index in [-0.39, 0.29) is 22.0 Å². The average molecular weight is 475 g/mol. The highest BCUT2D eigenvalue weighted by molar-refractivity contribution is 7.91. The van der Waals surface area contributed by atoms with Crippen molar-refractivity contribution in [2.75, 3.05) is 0 Å². The molecular formula is C24H22N6O3S. The fraction of sp³-hybridized carbons (Fsp3) is 0.167. The summed E-state index contributed by atoms with van der Waals surface area (Å²) >= 11 is 0. The number of carbonyl (C=O) groups is 1. The molecule has 9 nitrogen and oxygen atoms in total. The molecule has 0 saturated carbocycles. The van der Waals surface area contributed by atoms with E-state index >= 15 is 0 Å². The zero-order valence-corrected chi connectivity index (χ0v) is 19.6. The normalized spacial score (nSPS) is 11.9. The molecule has 0 spiro atoms. The van der Waals surface area contributed by atoms with Crippen LogP contribution in [-0.4, -0.2) is 39.1 Å². The van der Waals surface area contributed by atoms with E-state index in [4.69, 9.17) is 0 Å². The molecule has 0 fully saturated rings. The Morgan fingerprint density at radius 3 is 2.76 bits per heavy atom. The number of carbonyl (C=O) groups excluding carboxylic acids is 1. The molecule has 0 bridgehead atoms. The van der Waals surface area contributed by atoms with Crippen LogP contribution in [0.4, 0.5) is 0 Å². The van der Waals surface area contributed by atoms with Crippen molar-refractivity contribution < 1.29 is 13.2 Å². The maximum absolute atomic E-state index is 13.5. The lowest BCUT2D eigenvalue weighted by Crippen LogP contribution is -2.25. The predicted molar refractivity (Wildman–Crippen MR) is 127 cm³/mol. The van der Waals surface area contributed by atoms with Gasteiger partial charge in [-0.25, -0.2) is 8.42 Å². The number of nitrogens with one attached hydrogen (secondary N) is 2. The van der Waals surface area contributed by atoms with Crippen molar-refractivity contribution >= 4 is 37.6 Å². The van der Waals surface area contributed by atoms with Gasteiger partial charge in [0.2, 0.25) is 9.84 Å². The highest BCUT2D eigenvalue weighted by Gasteiger charge is 2.27. The second-order valence-corrected chi connectivity index (χ2v) is 10.0. The standard InChI is InChI=1S/C24H22N6O3S/c1-14-9-17(10-16-12-28-29-23(14)16)34(32,33)22-11-21(30(3)15(22)2)24(31)27-13-20-18-5-4-7-25-19(18)6-8-26-20/h4-12H,13H2,1-3H3,(H,27,31)(H,28,29). The van der Waals surface area contributed by atoms with Crippen molar-refractivity contribution in [2.24, 2.45) is 7.05 Å². The minimum Gasteiger partial charge on any atom is -0.345 e. The third-order valence-corrected chi connectivity index (χ3v) is 7.92. The maximum Gasteiger partial charge on any atom is 0.268 e. The zero-order valence-electron chi connectivity index (χ0n) is 18.8.